The first-order valence-corrected chi connectivity index (χ1v) is 9.38. The van der Waals surface area contributed by atoms with Gasteiger partial charge in [0.25, 0.3) is 0 Å². The second-order valence-electron chi connectivity index (χ2n) is 7.22. The van der Waals surface area contributed by atoms with Crippen molar-refractivity contribution in [2.45, 2.75) is 32.6 Å². The van der Waals surface area contributed by atoms with Crippen LogP contribution in [0.5, 0.6) is 0 Å². The topological polar surface area (TPSA) is 43.8 Å². The molecular weight excluding hydrogens is 425 g/mol. The van der Waals surface area contributed by atoms with Crippen LogP contribution in [0.25, 0.3) is 0 Å². The van der Waals surface area contributed by atoms with Crippen molar-refractivity contribution in [3.63, 3.8) is 0 Å². The highest BCUT2D eigenvalue weighted by atomic mass is 127. The lowest BCUT2D eigenvalue weighted by molar-refractivity contribution is 0.285. The molecule has 0 unspecified atom stereocenters. The number of guanidine groups is 1. The van der Waals surface area contributed by atoms with E-state index < -0.39 is 0 Å². The van der Waals surface area contributed by atoms with E-state index in [0.717, 1.165) is 56.3 Å². The minimum Gasteiger partial charge on any atom is -0.356 e. The maximum atomic E-state index is 4.51. The van der Waals surface area contributed by atoms with Crippen molar-refractivity contribution in [1.29, 1.82) is 0 Å². The fourth-order valence-corrected chi connectivity index (χ4v) is 3.79. The SMILES string of the molecule is CN=C(NCC1CCC(C)CC1)N1CCN(c2ccccn2)CC1.I. The number of aromatic nitrogens is 1. The molecule has 0 radical (unpaired) electrons. The zero-order valence-electron chi connectivity index (χ0n) is 15.5. The molecule has 1 aromatic rings. The molecule has 0 bridgehead atoms. The van der Waals surface area contributed by atoms with Crippen molar-refractivity contribution in [3.05, 3.63) is 24.4 Å². The molecule has 6 heteroatoms. The van der Waals surface area contributed by atoms with E-state index in [1.165, 1.54) is 25.7 Å². The van der Waals surface area contributed by atoms with E-state index in [0.29, 0.717) is 0 Å². The van der Waals surface area contributed by atoms with Crippen LogP contribution in [0.4, 0.5) is 5.82 Å². The molecule has 25 heavy (non-hydrogen) atoms. The van der Waals surface area contributed by atoms with E-state index >= 15 is 0 Å². The van der Waals surface area contributed by atoms with Gasteiger partial charge in [0.2, 0.25) is 0 Å². The molecule has 2 fully saturated rings. The zero-order valence-corrected chi connectivity index (χ0v) is 17.9. The summed E-state index contributed by atoms with van der Waals surface area (Å²) in [6, 6.07) is 6.12. The van der Waals surface area contributed by atoms with Crippen molar-refractivity contribution in [1.82, 2.24) is 15.2 Å². The first-order valence-electron chi connectivity index (χ1n) is 9.38. The molecule has 1 saturated heterocycles. The van der Waals surface area contributed by atoms with Crippen LogP contribution in [0.3, 0.4) is 0 Å². The molecule has 3 rings (SSSR count). The normalized spacial score (nSPS) is 24.6. The summed E-state index contributed by atoms with van der Waals surface area (Å²) in [7, 11) is 1.90. The van der Waals surface area contributed by atoms with Gasteiger partial charge in [-0.05, 0) is 36.8 Å². The van der Waals surface area contributed by atoms with Gasteiger partial charge < -0.3 is 15.1 Å². The number of rotatable bonds is 3. The average Bonchev–Trinajstić information content (AvgIpc) is 2.65. The molecule has 1 saturated carbocycles. The van der Waals surface area contributed by atoms with Crippen molar-refractivity contribution in [2.75, 3.05) is 44.7 Å². The van der Waals surface area contributed by atoms with E-state index in [2.05, 4.69) is 44.1 Å². The number of halogens is 1. The highest BCUT2D eigenvalue weighted by molar-refractivity contribution is 14.0. The molecule has 1 aromatic heterocycles. The quantitative estimate of drug-likeness (QED) is 0.430. The van der Waals surface area contributed by atoms with Crippen molar-refractivity contribution < 1.29 is 0 Å². The molecule has 0 aromatic carbocycles. The fraction of sp³-hybridized carbons (Fsp3) is 0.684. The predicted molar refractivity (Wildman–Crippen MR) is 116 cm³/mol. The predicted octanol–water partition coefficient (Wildman–Crippen LogP) is 3.22. The van der Waals surface area contributed by atoms with Crippen LogP contribution in [0, 0.1) is 11.8 Å². The Labute approximate surface area is 169 Å². The van der Waals surface area contributed by atoms with Gasteiger partial charge in [-0.1, -0.05) is 25.8 Å². The monoisotopic (exact) mass is 457 g/mol. The van der Waals surface area contributed by atoms with E-state index in [1.807, 2.05) is 19.3 Å². The molecule has 0 atom stereocenters. The molecule has 1 aliphatic carbocycles. The van der Waals surface area contributed by atoms with Gasteiger partial charge in [-0.15, -0.1) is 24.0 Å². The van der Waals surface area contributed by atoms with E-state index in [1.54, 1.807) is 0 Å². The summed E-state index contributed by atoms with van der Waals surface area (Å²) in [6.07, 6.45) is 7.35. The van der Waals surface area contributed by atoms with Gasteiger partial charge in [-0.3, -0.25) is 4.99 Å². The summed E-state index contributed by atoms with van der Waals surface area (Å²) in [5, 5.41) is 3.62. The van der Waals surface area contributed by atoms with E-state index in [9.17, 15) is 0 Å². The highest BCUT2D eigenvalue weighted by Gasteiger charge is 2.22. The Morgan fingerprint density at radius 1 is 1.16 bits per heavy atom. The number of hydrogen-bond acceptors (Lipinski definition) is 3. The molecule has 2 aliphatic rings. The molecule has 140 valence electrons. The number of piperazine rings is 1. The largest absolute Gasteiger partial charge is 0.356 e. The van der Waals surface area contributed by atoms with Crippen LogP contribution < -0.4 is 10.2 Å². The van der Waals surface area contributed by atoms with Crippen molar-refractivity contribution >= 4 is 35.8 Å². The summed E-state index contributed by atoms with van der Waals surface area (Å²) in [4.78, 5) is 13.7. The highest BCUT2D eigenvalue weighted by Crippen LogP contribution is 2.27. The molecule has 0 amide bonds. The number of hydrogen-bond donors (Lipinski definition) is 1. The molecule has 2 heterocycles. The maximum absolute atomic E-state index is 4.51. The summed E-state index contributed by atoms with van der Waals surface area (Å²) < 4.78 is 0. The second-order valence-corrected chi connectivity index (χ2v) is 7.22. The van der Waals surface area contributed by atoms with Crippen LogP contribution in [0.1, 0.15) is 32.6 Å². The number of nitrogens with zero attached hydrogens (tertiary/aromatic N) is 4. The fourth-order valence-electron chi connectivity index (χ4n) is 3.79. The Hall–Kier alpha value is -1.05. The Balaban J connectivity index is 0.00000225. The van der Waals surface area contributed by atoms with Crippen molar-refractivity contribution in [2.24, 2.45) is 16.8 Å². The van der Waals surface area contributed by atoms with Gasteiger partial charge in [-0.2, -0.15) is 0 Å². The van der Waals surface area contributed by atoms with Gasteiger partial charge in [0.05, 0.1) is 0 Å². The maximum Gasteiger partial charge on any atom is 0.193 e. The van der Waals surface area contributed by atoms with Crippen LogP contribution in [-0.4, -0.2) is 55.6 Å². The summed E-state index contributed by atoms with van der Waals surface area (Å²) in [6.45, 7) is 7.44. The van der Waals surface area contributed by atoms with Gasteiger partial charge in [0, 0.05) is 46.0 Å². The molecule has 1 N–H and O–H groups in total. The minimum absolute atomic E-state index is 0. The third kappa shape index (κ3) is 5.72. The number of nitrogens with one attached hydrogen (secondary N) is 1. The lowest BCUT2D eigenvalue weighted by Crippen LogP contribution is -2.53. The van der Waals surface area contributed by atoms with Crippen LogP contribution in [0.2, 0.25) is 0 Å². The standard InChI is InChI=1S/C19H31N5.HI/c1-16-6-8-17(9-7-16)15-22-19(20-2)24-13-11-23(12-14-24)18-5-3-4-10-21-18;/h3-5,10,16-17H,6-9,11-15H2,1-2H3,(H,20,22);1H. The van der Waals surface area contributed by atoms with Crippen molar-refractivity contribution in [3.8, 4) is 0 Å². The van der Waals surface area contributed by atoms with E-state index in [4.69, 9.17) is 0 Å². The minimum atomic E-state index is 0. The Kier molecular flexibility index (Phi) is 8.26. The molecule has 1 aliphatic heterocycles. The smallest absolute Gasteiger partial charge is 0.193 e. The third-order valence-electron chi connectivity index (χ3n) is 5.45. The van der Waals surface area contributed by atoms with Crippen LogP contribution in [0.15, 0.2) is 29.4 Å². The second kappa shape index (κ2) is 10.2. The van der Waals surface area contributed by atoms with Crippen LogP contribution in [-0.2, 0) is 0 Å². The first kappa shape index (κ1) is 20.3. The summed E-state index contributed by atoms with van der Waals surface area (Å²) in [5.74, 6) is 3.87. The van der Waals surface area contributed by atoms with E-state index in [-0.39, 0.29) is 24.0 Å². The van der Waals surface area contributed by atoms with Gasteiger partial charge in [-0.25, -0.2) is 4.98 Å². The first-order chi connectivity index (χ1) is 11.8. The number of anilines is 1. The Bertz CT molecular complexity index is 520. The zero-order chi connectivity index (χ0) is 16.8. The summed E-state index contributed by atoms with van der Waals surface area (Å²) >= 11 is 0. The lowest BCUT2D eigenvalue weighted by atomic mass is 9.83. The third-order valence-corrected chi connectivity index (χ3v) is 5.45. The Morgan fingerprint density at radius 3 is 2.48 bits per heavy atom. The molecular formula is C19H32IN5. The van der Waals surface area contributed by atoms with Crippen LogP contribution >= 0.6 is 24.0 Å². The van der Waals surface area contributed by atoms with Gasteiger partial charge in [0.15, 0.2) is 5.96 Å². The number of pyridine rings is 1. The average molecular weight is 457 g/mol. The molecule has 0 spiro atoms. The summed E-state index contributed by atoms with van der Waals surface area (Å²) in [5.41, 5.74) is 0. The lowest BCUT2D eigenvalue weighted by Gasteiger charge is -2.37. The molecule has 5 nitrogen and oxygen atoms in total. The van der Waals surface area contributed by atoms with Gasteiger partial charge >= 0.3 is 0 Å². The van der Waals surface area contributed by atoms with Gasteiger partial charge in [0.1, 0.15) is 5.82 Å². The Morgan fingerprint density at radius 2 is 1.88 bits per heavy atom. The number of aliphatic imine (C=N–C) groups is 1.